The minimum absolute atomic E-state index is 0.0121. The van der Waals surface area contributed by atoms with Crippen LogP contribution in [0.1, 0.15) is 0 Å². The summed E-state index contributed by atoms with van der Waals surface area (Å²) in [6.07, 6.45) is 1.20. The van der Waals surface area contributed by atoms with Crippen molar-refractivity contribution in [2.24, 2.45) is 14.1 Å². The van der Waals surface area contributed by atoms with Crippen molar-refractivity contribution >= 4 is 46.0 Å². The van der Waals surface area contributed by atoms with E-state index in [1.807, 2.05) is 0 Å². The number of anilines is 1. The second kappa shape index (κ2) is 8.39. The third-order valence-corrected chi connectivity index (χ3v) is 4.65. The molecule has 1 aromatic carbocycles. The quantitative estimate of drug-likeness (QED) is 0.316. The van der Waals surface area contributed by atoms with Gasteiger partial charge in [-0.25, -0.2) is 9.78 Å². The van der Waals surface area contributed by atoms with Gasteiger partial charge in [0.05, 0.1) is 22.0 Å². The molecule has 1 N–H and O–H groups in total. The van der Waals surface area contributed by atoms with Crippen LogP contribution in [0.15, 0.2) is 34.1 Å². The SMILES string of the molecule is Cn1c(=O)c2c(ncn2CC(=O)OCC(=O)Nc2cc([N+](=O)[O-])ccc2Cl)n(C)c1=O. The number of hydrogen-bond acceptors (Lipinski definition) is 8. The van der Waals surface area contributed by atoms with Crippen molar-refractivity contribution in [1.82, 2.24) is 18.7 Å². The molecule has 0 aliphatic rings. The Bertz CT molecular complexity index is 1340. The summed E-state index contributed by atoms with van der Waals surface area (Å²) >= 11 is 5.90. The van der Waals surface area contributed by atoms with E-state index in [0.29, 0.717) is 0 Å². The number of carbonyl (C=O) groups is 2. The van der Waals surface area contributed by atoms with E-state index in [9.17, 15) is 29.3 Å². The maximum atomic E-state index is 12.4. The molecule has 0 radical (unpaired) electrons. The van der Waals surface area contributed by atoms with E-state index in [1.54, 1.807) is 0 Å². The lowest BCUT2D eigenvalue weighted by Gasteiger charge is -2.09. The van der Waals surface area contributed by atoms with Crippen LogP contribution in [-0.4, -0.2) is 42.1 Å². The molecule has 31 heavy (non-hydrogen) atoms. The molecule has 13 nitrogen and oxygen atoms in total. The first-order valence-electron chi connectivity index (χ1n) is 8.60. The van der Waals surface area contributed by atoms with E-state index in [-0.39, 0.29) is 27.6 Å². The number of imidazole rings is 1. The lowest BCUT2D eigenvalue weighted by atomic mass is 10.3. The van der Waals surface area contributed by atoms with Crippen molar-refractivity contribution in [2.45, 2.75) is 6.54 Å². The third-order valence-electron chi connectivity index (χ3n) is 4.32. The number of non-ortho nitro benzene ring substituents is 1. The van der Waals surface area contributed by atoms with Crippen LogP contribution >= 0.6 is 11.6 Å². The van der Waals surface area contributed by atoms with Crippen molar-refractivity contribution in [3.05, 3.63) is 60.5 Å². The molecule has 14 heteroatoms. The number of benzene rings is 1. The molecule has 0 saturated carbocycles. The number of ether oxygens (including phenoxy) is 1. The van der Waals surface area contributed by atoms with Gasteiger partial charge in [0, 0.05) is 26.2 Å². The number of nitro benzene ring substituents is 1. The van der Waals surface area contributed by atoms with Crippen LogP contribution in [0, 0.1) is 10.1 Å². The van der Waals surface area contributed by atoms with Crippen LogP contribution < -0.4 is 16.6 Å². The van der Waals surface area contributed by atoms with Crippen LogP contribution in [0.2, 0.25) is 5.02 Å². The number of rotatable bonds is 6. The van der Waals surface area contributed by atoms with Gasteiger partial charge in [0.25, 0.3) is 17.2 Å². The first kappa shape index (κ1) is 21.7. The zero-order chi connectivity index (χ0) is 22.9. The topological polar surface area (TPSA) is 160 Å². The Morgan fingerprint density at radius 2 is 1.97 bits per heavy atom. The van der Waals surface area contributed by atoms with Gasteiger partial charge in [0.2, 0.25) is 0 Å². The molecule has 3 aromatic rings. The second-order valence-electron chi connectivity index (χ2n) is 6.38. The highest BCUT2D eigenvalue weighted by Gasteiger charge is 2.18. The predicted molar refractivity (Wildman–Crippen MR) is 108 cm³/mol. The normalized spacial score (nSPS) is 10.8. The number of nitro groups is 1. The van der Waals surface area contributed by atoms with E-state index < -0.39 is 41.2 Å². The van der Waals surface area contributed by atoms with Crippen LogP contribution in [0.25, 0.3) is 11.2 Å². The number of hydrogen-bond donors (Lipinski definition) is 1. The fraction of sp³-hybridized carbons (Fsp3) is 0.235. The summed E-state index contributed by atoms with van der Waals surface area (Å²) < 4.78 is 8.13. The Balaban J connectivity index is 1.68. The number of amides is 1. The van der Waals surface area contributed by atoms with Gasteiger partial charge in [-0.05, 0) is 6.07 Å². The van der Waals surface area contributed by atoms with Crippen molar-refractivity contribution < 1.29 is 19.2 Å². The van der Waals surface area contributed by atoms with Crippen LogP contribution in [0.3, 0.4) is 0 Å². The highest BCUT2D eigenvalue weighted by atomic mass is 35.5. The van der Waals surface area contributed by atoms with E-state index in [0.717, 1.165) is 15.2 Å². The average Bonchev–Trinajstić information content (AvgIpc) is 3.14. The summed E-state index contributed by atoms with van der Waals surface area (Å²) in [6.45, 7) is -1.13. The number of aromatic nitrogens is 4. The first-order chi connectivity index (χ1) is 14.6. The van der Waals surface area contributed by atoms with Crippen LogP contribution in [0.5, 0.6) is 0 Å². The average molecular weight is 451 g/mol. The zero-order valence-electron chi connectivity index (χ0n) is 16.2. The first-order valence-corrected chi connectivity index (χ1v) is 8.98. The van der Waals surface area contributed by atoms with Crippen molar-refractivity contribution in [2.75, 3.05) is 11.9 Å². The highest BCUT2D eigenvalue weighted by molar-refractivity contribution is 6.33. The molecule has 2 aromatic heterocycles. The molecule has 0 fully saturated rings. The fourth-order valence-electron chi connectivity index (χ4n) is 2.76. The van der Waals surface area contributed by atoms with Crippen LogP contribution in [-0.2, 0) is 35.0 Å². The lowest BCUT2D eigenvalue weighted by molar-refractivity contribution is -0.384. The van der Waals surface area contributed by atoms with E-state index in [1.165, 1.54) is 37.1 Å². The molecule has 162 valence electrons. The fourth-order valence-corrected chi connectivity index (χ4v) is 2.92. The lowest BCUT2D eigenvalue weighted by Crippen LogP contribution is -2.37. The summed E-state index contributed by atoms with van der Waals surface area (Å²) in [4.78, 5) is 62.6. The molecule has 0 atom stereocenters. The van der Waals surface area contributed by atoms with Crippen LogP contribution in [0.4, 0.5) is 11.4 Å². The Kier molecular flexibility index (Phi) is 5.88. The van der Waals surface area contributed by atoms with Gasteiger partial charge in [-0.3, -0.25) is 33.6 Å². The number of carbonyl (C=O) groups excluding carboxylic acids is 2. The second-order valence-corrected chi connectivity index (χ2v) is 6.79. The van der Waals surface area contributed by atoms with E-state index >= 15 is 0 Å². The number of halogens is 1. The number of nitrogens with one attached hydrogen (secondary N) is 1. The molecule has 3 rings (SSSR count). The molecule has 0 aliphatic heterocycles. The maximum Gasteiger partial charge on any atom is 0.332 e. The van der Waals surface area contributed by atoms with Crippen molar-refractivity contribution in [3.8, 4) is 0 Å². The Labute approximate surface area is 177 Å². The molecular formula is C17H15ClN6O7. The largest absolute Gasteiger partial charge is 0.454 e. The van der Waals surface area contributed by atoms with E-state index in [2.05, 4.69) is 10.3 Å². The Hall–Kier alpha value is -4.00. The summed E-state index contributed by atoms with van der Waals surface area (Å²) in [6, 6.07) is 3.49. The maximum absolute atomic E-state index is 12.4. The van der Waals surface area contributed by atoms with Gasteiger partial charge < -0.3 is 14.6 Å². The zero-order valence-corrected chi connectivity index (χ0v) is 17.0. The van der Waals surface area contributed by atoms with Crippen molar-refractivity contribution in [1.29, 1.82) is 0 Å². The number of fused-ring (bicyclic) bond motifs is 1. The summed E-state index contributed by atoms with van der Waals surface area (Å²) in [5, 5.41) is 13.2. The van der Waals surface area contributed by atoms with Gasteiger partial charge >= 0.3 is 11.7 Å². The molecule has 0 unspecified atom stereocenters. The predicted octanol–water partition coefficient (Wildman–Crippen LogP) is 0.177. The summed E-state index contributed by atoms with van der Waals surface area (Å²) in [5.74, 6) is -1.62. The highest BCUT2D eigenvalue weighted by Crippen LogP contribution is 2.26. The van der Waals surface area contributed by atoms with Gasteiger partial charge in [0.1, 0.15) is 6.54 Å². The van der Waals surface area contributed by atoms with Gasteiger partial charge in [-0.1, -0.05) is 11.6 Å². The molecule has 0 saturated heterocycles. The number of aryl methyl sites for hydroxylation is 1. The Morgan fingerprint density at radius 1 is 1.26 bits per heavy atom. The number of esters is 1. The van der Waals surface area contributed by atoms with E-state index in [4.69, 9.17) is 16.3 Å². The Morgan fingerprint density at radius 3 is 2.65 bits per heavy atom. The summed E-state index contributed by atoms with van der Waals surface area (Å²) in [7, 11) is 2.73. The molecule has 0 bridgehead atoms. The smallest absolute Gasteiger partial charge is 0.332 e. The van der Waals surface area contributed by atoms with Gasteiger partial charge in [-0.2, -0.15) is 0 Å². The third kappa shape index (κ3) is 4.30. The minimum atomic E-state index is -0.851. The summed E-state index contributed by atoms with van der Waals surface area (Å²) in [5.41, 5.74) is -1.38. The standard InChI is InChI=1S/C17H15ClN6O7/c1-21-15-14(16(27)22(2)17(21)28)23(8-19-15)6-13(26)31-7-12(25)20-11-5-9(24(29)30)3-4-10(11)18/h3-5,8H,6-7H2,1-2H3,(H,20,25). The molecule has 0 aliphatic carbocycles. The van der Waals surface area contributed by atoms with Crippen molar-refractivity contribution in [3.63, 3.8) is 0 Å². The molecule has 0 spiro atoms. The molecule has 1 amide bonds. The molecular weight excluding hydrogens is 436 g/mol. The minimum Gasteiger partial charge on any atom is -0.454 e. The monoisotopic (exact) mass is 450 g/mol. The molecule has 2 heterocycles. The van der Waals surface area contributed by atoms with Gasteiger partial charge in [0.15, 0.2) is 17.8 Å². The van der Waals surface area contributed by atoms with Gasteiger partial charge in [-0.15, -0.1) is 0 Å². The number of nitrogens with zero attached hydrogens (tertiary/aromatic N) is 5.